The number of rotatable bonds is 5. The summed E-state index contributed by atoms with van der Waals surface area (Å²) in [4.78, 5) is 12.2. The molecule has 0 aliphatic rings. The van der Waals surface area contributed by atoms with Gasteiger partial charge in [-0.1, -0.05) is 19.4 Å². The van der Waals surface area contributed by atoms with Gasteiger partial charge in [-0.3, -0.25) is 4.79 Å². The molecule has 0 spiro atoms. The van der Waals surface area contributed by atoms with Gasteiger partial charge in [0.2, 0.25) is 0 Å². The smallest absolute Gasteiger partial charge is 0.163 e. The molecule has 0 saturated carbocycles. The Bertz CT molecular complexity index is 406. The molecule has 94 valence electrons. The first kappa shape index (κ1) is 13.9. The van der Waals surface area contributed by atoms with E-state index >= 15 is 0 Å². The zero-order valence-corrected chi connectivity index (χ0v) is 11.3. The van der Waals surface area contributed by atoms with E-state index in [4.69, 9.17) is 5.73 Å². The van der Waals surface area contributed by atoms with Crippen molar-refractivity contribution in [1.82, 2.24) is 0 Å². The second-order valence-electron chi connectivity index (χ2n) is 4.89. The van der Waals surface area contributed by atoms with Crippen LogP contribution in [0.3, 0.4) is 0 Å². The standard InChI is InChI=1S/C15H23NO/c1-5-13(9-16)8-15(17)14-7-11(3)10(2)6-12(14)4/h6-7,13H,5,8-9,16H2,1-4H3. The van der Waals surface area contributed by atoms with E-state index in [-0.39, 0.29) is 5.78 Å². The zero-order chi connectivity index (χ0) is 13.0. The van der Waals surface area contributed by atoms with E-state index < -0.39 is 0 Å². The molecular weight excluding hydrogens is 210 g/mol. The fourth-order valence-electron chi connectivity index (χ4n) is 2.03. The third-order valence-electron chi connectivity index (χ3n) is 3.53. The number of Topliss-reactive ketones (excluding diaryl/α,β-unsaturated/α-hetero) is 1. The van der Waals surface area contributed by atoms with E-state index in [0.29, 0.717) is 18.9 Å². The zero-order valence-electron chi connectivity index (χ0n) is 11.3. The highest BCUT2D eigenvalue weighted by Gasteiger charge is 2.15. The molecule has 2 heteroatoms. The van der Waals surface area contributed by atoms with Gasteiger partial charge in [-0.25, -0.2) is 0 Å². The number of hydrogen-bond acceptors (Lipinski definition) is 2. The van der Waals surface area contributed by atoms with Crippen molar-refractivity contribution < 1.29 is 4.79 Å². The van der Waals surface area contributed by atoms with Crippen molar-refractivity contribution in [3.8, 4) is 0 Å². The van der Waals surface area contributed by atoms with Crippen LogP contribution in [-0.4, -0.2) is 12.3 Å². The molecule has 2 N–H and O–H groups in total. The number of carbonyl (C=O) groups excluding carboxylic acids is 1. The number of hydrogen-bond donors (Lipinski definition) is 1. The molecule has 0 fully saturated rings. The lowest BCUT2D eigenvalue weighted by atomic mass is 9.92. The summed E-state index contributed by atoms with van der Waals surface area (Å²) in [5.41, 5.74) is 10.0. The molecule has 0 aliphatic heterocycles. The molecule has 0 aromatic heterocycles. The predicted octanol–water partition coefficient (Wildman–Crippen LogP) is 3.17. The van der Waals surface area contributed by atoms with E-state index in [1.165, 1.54) is 11.1 Å². The Morgan fingerprint density at radius 3 is 2.29 bits per heavy atom. The maximum Gasteiger partial charge on any atom is 0.163 e. The van der Waals surface area contributed by atoms with Crippen LogP contribution >= 0.6 is 0 Å². The molecule has 17 heavy (non-hydrogen) atoms. The second-order valence-corrected chi connectivity index (χ2v) is 4.89. The van der Waals surface area contributed by atoms with E-state index in [0.717, 1.165) is 17.5 Å². The maximum atomic E-state index is 12.2. The molecule has 0 amide bonds. The molecule has 0 aliphatic carbocycles. The highest BCUT2D eigenvalue weighted by molar-refractivity contribution is 5.97. The minimum atomic E-state index is 0.225. The Hall–Kier alpha value is -1.15. The molecule has 1 unspecified atom stereocenters. The van der Waals surface area contributed by atoms with Crippen LogP contribution < -0.4 is 5.73 Å². The average molecular weight is 233 g/mol. The normalized spacial score (nSPS) is 12.5. The second kappa shape index (κ2) is 5.97. The molecular formula is C15H23NO. The van der Waals surface area contributed by atoms with Crippen LogP contribution in [0.5, 0.6) is 0 Å². The summed E-state index contributed by atoms with van der Waals surface area (Å²) in [6.07, 6.45) is 1.53. The molecule has 0 bridgehead atoms. The van der Waals surface area contributed by atoms with Crippen molar-refractivity contribution in [3.63, 3.8) is 0 Å². The van der Waals surface area contributed by atoms with Gasteiger partial charge in [0.15, 0.2) is 5.78 Å². The fraction of sp³-hybridized carbons (Fsp3) is 0.533. The van der Waals surface area contributed by atoms with Crippen molar-refractivity contribution in [2.45, 2.75) is 40.5 Å². The molecule has 1 rings (SSSR count). The topological polar surface area (TPSA) is 43.1 Å². The highest BCUT2D eigenvalue weighted by Crippen LogP contribution is 2.19. The fourth-order valence-corrected chi connectivity index (χ4v) is 2.03. The number of aryl methyl sites for hydroxylation is 3. The first-order valence-electron chi connectivity index (χ1n) is 6.30. The van der Waals surface area contributed by atoms with E-state index in [2.05, 4.69) is 19.9 Å². The molecule has 2 nitrogen and oxygen atoms in total. The van der Waals surface area contributed by atoms with Crippen LogP contribution in [-0.2, 0) is 0 Å². The largest absolute Gasteiger partial charge is 0.330 e. The van der Waals surface area contributed by atoms with E-state index in [1.54, 1.807) is 0 Å². The number of benzene rings is 1. The molecule has 1 atom stereocenters. The summed E-state index contributed by atoms with van der Waals surface area (Å²) in [7, 11) is 0. The Balaban J connectivity index is 2.93. The lowest BCUT2D eigenvalue weighted by Gasteiger charge is -2.13. The monoisotopic (exact) mass is 233 g/mol. The SMILES string of the molecule is CCC(CN)CC(=O)c1cc(C)c(C)cc1C. The van der Waals surface area contributed by atoms with Gasteiger partial charge in [0.1, 0.15) is 0 Å². The van der Waals surface area contributed by atoms with Crippen molar-refractivity contribution in [2.24, 2.45) is 11.7 Å². The van der Waals surface area contributed by atoms with Gasteiger partial charge in [-0.2, -0.15) is 0 Å². The molecule has 0 radical (unpaired) electrons. The predicted molar refractivity (Wildman–Crippen MR) is 72.4 cm³/mol. The minimum Gasteiger partial charge on any atom is -0.330 e. The van der Waals surface area contributed by atoms with E-state index in [1.807, 2.05) is 19.9 Å². The van der Waals surface area contributed by atoms with Crippen LogP contribution in [0, 0.1) is 26.7 Å². The van der Waals surface area contributed by atoms with Crippen LogP contribution in [0.25, 0.3) is 0 Å². The summed E-state index contributed by atoms with van der Waals surface area (Å²) >= 11 is 0. The van der Waals surface area contributed by atoms with Gasteiger partial charge in [-0.05, 0) is 56.0 Å². The Morgan fingerprint density at radius 1 is 1.18 bits per heavy atom. The van der Waals surface area contributed by atoms with Gasteiger partial charge >= 0.3 is 0 Å². The van der Waals surface area contributed by atoms with Gasteiger partial charge in [0.05, 0.1) is 0 Å². The van der Waals surface area contributed by atoms with Crippen LogP contribution in [0.15, 0.2) is 12.1 Å². The lowest BCUT2D eigenvalue weighted by Crippen LogP contribution is -2.18. The Labute approximate surface area is 104 Å². The third kappa shape index (κ3) is 3.40. The minimum absolute atomic E-state index is 0.225. The summed E-state index contributed by atoms with van der Waals surface area (Å²) in [5.74, 6) is 0.534. The Morgan fingerprint density at radius 2 is 1.76 bits per heavy atom. The van der Waals surface area contributed by atoms with Crippen molar-refractivity contribution >= 4 is 5.78 Å². The number of carbonyl (C=O) groups is 1. The highest BCUT2D eigenvalue weighted by atomic mass is 16.1. The first-order valence-corrected chi connectivity index (χ1v) is 6.30. The van der Waals surface area contributed by atoms with Gasteiger partial charge in [0.25, 0.3) is 0 Å². The number of ketones is 1. The number of nitrogens with two attached hydrogens (primary N) is 1. The maximum absolute atomic E-state index is 12.2. The van der Waals surface area contributed by atoms with Gasteiger partial charge < -0.3 is 5.73 Å². The molecule has 1 aromatic carbocycles. The summed E-state index contributed by atoms with van der Waals surface area (Å²) in [6, 6.07) is 4.10. The van der Waals surface area contributed by atoms with Crippen LogP contribution in [0.2, 0.25) is 0 Å². The molecule has 0 saturated heterocycles. The summed E-state index contributed by atoms with van der Waals surface area (Å²) in [5, 5.41) is 0. The van der Waals surface area contributed by atoms with Crippen LogP contribution in [0.1, 0.15) is 46.8 Å². The van der Waals surface area contributed by atoms with Crippen LogP contribution in [0.4, 0.5) is 0 Å². The lowest BCUT2D eigenvalue weighted by molar-refractivity contribution is 0.0960. The molecule has 1 aromatic rings. The quantitative estimate of drug-likeness (QED) is 0.794. The molecule has 0 heterocycles. The van der Waals surface area contributed by atoms with Crippen molar-refractivity contribution in [1.29, 1.82) is 0 Å². The van der Waals surface area contributed by atoms with Crippen molar-refractivity contribution in [3.05, 3.63) is 34.4 Å². The Kier molecular flexibility index (Phi) is 4.88. The van der Waals surface area contributed by atoms with E-state index in [9.17, 15) is 4.79 Å². The van der Waals surface area contributed by atoms with Gasteiger partial charge in [0, 0.05) is 12.0 Å². The first-order chi connectivity index (χ1) is 7.99. The summed E-state index contributed by atoms with van der Waals surface area (Å²) < 4.78 is 0. The van der Waals surface area contributed by atoms with Gasteiger partial charge in [-0.15, -0.1) is 0 Å². The average Bonchev–Trinajstić information content (AvgIpc) is 2.30. The third-order valence-corrected chi connectivity index (χ3v) is 3.53. The summed E-state index contributed by atoms with van der Waals surface area (Å²) in [6.45, 7) is 8.80. The van der Waals surface area contributed by atoms with Crippen molar-refractivity contribution in [2.75, 3.05) is 6.54 Å².